The minimum absolute atomic E-state index is 0.489. The Morgan fingerprint density at radius 1 is 1.05 bits per heavy atom. The van der Waals surface area contributed by atoms with Gasteiger partial charge in [-0.15, -0.1) is 11.6 Å². The monoisotopic (exact) mass is 293 g/mol. The molecule has 1 aromatic rings. The zero-order valence-corrected chi connectivity index (χ0v) is 12.8. The molecule has 1 aromatic heterocycles. The average Bonchev–Trinajstić information content (AvgIpc) is 2.74. The fraction of sp³-hybridized carbons (Fsp3) is 0.750. The second kappa shape index (κ2) is 6.75. The molecule has 1 fully saturated rings. The van der Waals surface area contributed by atoms with Crippen molar-refractivity contribution < 1.29 is 0 Å². The molecule has 1 N–H and O–H groups in total. The number of aromatic nitrogens is 2. The van der Waals surface area contributed by atoms with E-state index in [1.54, 1.807) is 6.33 Å². The molecular formula is C16H24ClN3. The van der Waals surface area contributed by atoms with Crippen LogP contribution in [-0.4, -0.2) is 21.9 Å². The SMILES string of the molecule is ClCC1CCCCC1Nc1ncnc2c1CCCCC2. The molecule has 0 spiro atoms. The van der Waals surface area contributed by atoms with Crippen molar-refractivity contribution in [1.29, 1.82) is 0 Å². The van der Waals surface area contributed by atoms with E-state index in [-0.39, 0.29) is 0 Å². The van der Waals surface area contributed by atoms with Gasteiger partial charge in [0.15, 0.2) is 0 Å². The second-order valence-electron chi connectivity index (χ2n) is 6.16. The van der Waals surface area contributed by atoms with Crippen molar-refractivity contribution in [2.45, 2.75) is 63.8 Å². The zero-order valence-electron chi connectivity index (χ0n) is 12.1. The van der Waals surface area contributed by atoms with Crippen molar-refractivity contribution in [2.24, 2.45) is 5.92 Å². The second-order valence-corrected chi connectivity index (χ2v) is 6.47. The number of alkyl halides is 1. The quantitative estimate of drug-likeness (QED) is 0.677. The number of fused-ring (bicyclic) bond motifs is 1. The van der Waals surface area contributed by atoms with Crippen LogP contribution in [0, 0.1) is 5.92 Å². The van der Waals surface area contributed by atoms with Crippen molar-refractivity contribution in [3.8, 4) is 0 Å². The van der Waals surface area contributed by atoms with Crippen LogP contribution in [0.4, 0.5) is 5.82 Å². The van der Waals surface area contributed by atoms with Crippen molar-refractivity contribution in [3.05, 3.63) is 17.6 Å². The number of hydrogen-bond acceptors (Lipinski definition) is 3. The minimum atomic E-state index is 0.489. The lowest BCUT2D eigenvalue weighted by molar-refractivity contribution is 0.352. The molecule has 2 aliphatic carbocycles. The lowest BCUT2D eigenvalue weighted by Gasteiger charge is -2.32. The first-order chi connectivity index (χ1) is 9.88. The maximum absolute atomic E-state index is 6.14. The molecule has 1 heterocycles. The molecule has 3 nitrogen and oxygen atoms in total. The Bertz CT molecular complexity index is 449. The molecule has 0 aliphatic heterocycles. The van der Waals surface area contributed by atoms with Crippen LogP contribution in [0.5, 0.6) is 0 Å². The van der Waals surface area contributed by atoms with Crippen LogP contribution in [0.2, 0.25) is 0 Å². The first-order valence-electron chi connectivity index (χ1n) is 8.03. The number of aryl methyl sites for hydroxylation is 1. The summed E-state index contributed by atoms with van der Waals surface area (Å²) in [6.07, 6.45) is 12.9. The van der Waals surface area contributed by atoms with Crippen LogP contribution >= 0.6 is 11.6 Å². The Kier molecular flexibility index (Phi) is 4.77. The molecule has 0 amide bonds. The van der Waals surface area contributed by atoms with E-state index in [0.717, 1.165) is 24.5 Å². The number of nitrogens with zero attached hydrogens (tertiary/aromatic N) is 2. The smallest absolute Gasteiger partial charge is 0.133 e. The Morgan fingerprint density at radius 2 is 1.90 bits per heavy atom. The molecule has 0 saturated heterocycles. The summed E-state index contributed by atoms with van der Waals surface area (Å²) >= 11 is 6.14. The minimum Gasteiger partial charge on any atom is -0.367 e. The molecular weight excluding hydrogens is 270 g/mol. The maximum atomic E-state index is 6.14. The number of halogens is 1. The Morgan fingerprint density at radius 3 is 2.80 bits per heavy atom. The molecule has 2 unspecified atom stereocenters. The summed E-state index contributed by atoms with van der Waals surface area (Å²) in [6, 6.07) is 0.489. The van der Waals surface area contributed by atoms with Crippen molar-refractivity contribution >= 4 is 17.4 Å². The summed E-state index contributed by atoms with van der Waals surface area (Å²) in [4.78, 5) is 9.03. The normalized spacial score (nSPS) is 26.6. The Labute approximate surface area is 126 Å². The lowest BCUT2D eigenvalue weighted by atomic mass is 9.85. The van der Waals surface area contributed by atoms with E-state index in [0.29, 0.717) is 12.0 Å². The first kappa shape index (κ1) is 14.1. The highest BCUT2D eigenvalue weighted by Crippen LogP contribution is 2.30. The largest absolute Gasteiger partial charge is 0.367 e. The summed E-state index contributed by atoms with van der Waals surface area (Å²) in [5, 5.41) is 3.70. The van der Waals surface area contributed by atoms with E-state index in [2.05, 4.69) is 15.3 Å². The van der Waals surface area contributed by atoms with E-state index < -0.39 is 0 Å². The molecule has 1 saturated carbocycles. The van der Waals surface area contributed by atoms with Gasteiger partial charge >= 0.3 is 0 Å². The average molecular weight is 294 g/mol. The summed E-state index contributed by atoms with van der Waals surface area (Å²) in [7, 11) is 0. The highest BCUT2D eigenvalue weighted by molar-refractivity contribution is 6.18. The van der Waals surface area contributed by atoms with E-state index in [9.17, 15) is 0 Å². The standard InChI is InChI=1S/C16H24ClN3/c17-10-12-6-4-5-8-14(12)20-16-13-7-2-1-3-9-15(13)18-11-19-16/h11-12,14H,1-10H2,(H,18,19,20). The van der Waals surface area contributed by atoms with Crippen molar-refractivity contribution in [2.75, 3.05) is 11.2 Å². The topological polar surface area (TPSA) is 37.8 Å². The van der Waals surface area contributed by atoms with Gasteiger partial charge in [0, 0.05) is 23.2 Å². The molecule has 0 aromatic carbocycles. The molecule has 0 radical (unpaired) electrons. The van der Waals surface area contributed by atoms with Gasteiger partial charge in [0.2, 0.25) is 0 Å². The van der Waals surface area contributed by atoms with Gasteiger partial charge in [0.1, 0.15) is 12.1 Å². The molecule has 3 rings (SSSR count). The van der Waals surface area contributed by atoms with Gasteiger partial charge in [-0.3, -0.25) is 0 Å². The molecule has 20 heavy (non-hydrogen) atoms. The summed E-state index contributed by atoms with van der Waals surface area (Å²) in [6.45, 7) is 0. The van der Waals surface area contributed by atoms with E-state index in [1.165, 1.54) is 56.2 Å². The van der Waals surface area contributed by atoms with E-state index >= 15 is 0 Å². The van der Waals surface area contributed by atoms with E-state index in [1.807, 2.05) is 0 Å². The molecule has 2 aliphatic rings. The summed E-state index contributed by atoms with van der Waals surface area (Å²) in [5.74, 6) is 2.42. The van der Waals surface area contributed by atoms with Gasteiger partial charge in [0.25, 0.3) is 0 Å². The number of anilines is 1. The summed E-state index contributed by atoms with van der Waals surface area (Å²) < 4.78 is 0. The first-order valence-corrected chi connectivity index (χ1v) is 8.57. The number of hydrogen-bond donors (Lipinski definition) is 1. The zero-order chi connectivity index (χ0) is 13.8. The highest BCUT2D eigenvalue weighted by Gasteiger charge is 2.26. The predicted molar refractivity (Wildman–Crippen MR) is 83.4 cm³/mol. The predicted octanol–water partition coefficient (Wildman–Crippen LogP) is 3.96. The van der Waals surface area contributed by atoms with Gasteiger partial charge in [-0.05, 0) is 44.4 Å². The summed E-state index contributed by atoms with van der Waals surface area (Å²) in [5.41, 5.74) is 2.63. The van der Waals surface area contributed by atoms with Gasteiger partial charge in [-0.1, -0.05) is 19.3 Å². The van der Waals surface area contributed by atoms with Crippen LogP contribution in [0.1, 0.15) is 56.2 Å². The third-order valence-corrected chi connectivity index (χ3v) is 5.20. The van der Waals surface area contributed by atoms with Crippen molar-refractivity contribution in [1.82, 2.24) is 9.97 Å². The van der Waals surface area contributed by atoms with Crippen molar-refractivity contribution in [3.63, 3.8) is 0 Å². The van der Waals surface area contributed by atoms with Crippen LogP contribution in [0.3, 0.4) is 0 Å². The van der Waals surface area contributed by atoms with Crippen LogP contribution < -0.4 is 5.32 Å². The fourth-order valence-corrected chi connectivity index (χ4v) is 3.95. The van der Waals surface area contributed by atoms with Gasteiger partial charge in [-0.2, -0.15) is 0 Å². The number of nitrogens with one attached hydrogen (secondary N) is 1. The van der Waals surface area contributed by atoms with Crippen LogP contribution in [0.15, 0.2) is 6.33 Å². The lowest BCUT2D eigenvalue weighted by Crippen LogP contribution is -2.34. The van der Waals surface area contributed by atoms with Gasteiger partial charge < -0.3 is 5.32 Å². The van der Waals surface area contributed by atoms with Gasteiger partial charge in [0.05, 0.1) is 0 Å². The molecule has 110 valence electrons. The third-order valence-electron chi connectivity index (χ3n) is 4.80. The number of rotatable bonds is 3. The van der Waals surface area contributed by atoms with Crippen LogP contribution in [0.25, 0.3) is 0 Å². The Hall–Kier alpha value is -0.830. The molecule has 0 bridgehead atoms. The maximum Gasteiger partial charge on any atom is 0.133 e. The highest BCUT2D eigenvalue weighted by atomic mass is 35.5. The van der Waals surface area contributed by atoms with Crippen LogP contribution in [-0.2, 0) is 12.8 Å². The molecule has 4 heteroatoms. The van der Waals surface area contributed by atoms with E-state index in [4.69, 9.17) is 11.6 Å². The Balaban J connectivity index is 1.79. The van der Waals surface area contributed by atoms with Gasteiger partial charge in [-0.25, -0.2) is 9.97 Å². The molecule has 2 atom stereocenters. The third kappa shape index (κ3) is 3.08. The fourth-order valence-electron chi connectivity index (χ4n) is 3.58.